The number of pyridine rings is 1. The van der Waals surface area contributed by atoms with Gasteiger partial charge in [0.05, 0.1) is 5.69 Å². The molecule has 0 saturated heterocycles. The number of hydrogen-bond donors (Lipinski definition) is 1. The third-order valence-electron chi connectivity index (χ3n) is 2.40. The first kappa shape index (κ1) is 12.7. The number of rotatable bonds is 2. The number of nitrogens with zero attached hydrogens (tertiary/aromatic N) is 1. The molecule has 92 valence electrons. The van der Waals surface area contributed by atoms with Crippen molar-refractivity contribution < 1.29 is 9.18 Å². The second-order valence-corrected chi connectivity index (χ2v) is 4.60. The van der Waals surface area contributed by atoms with Crippen molar-refractivity contribution in [2.45, 2.75) is 6.92 Å². The van der Waals surface area contributed by atoms with E-state index < -0.39 is 0 Å². The van der Waals surface area contributed by atoms with Crippen molar-refractivity contribution in [3.63, 3.8) is 0 Å². The van der Waals surface area contributed by atoms with Crippen molar-refractivity contribution in [1.82, 2.24) is 4.98 Å². The number of aryl methyl sites for hydroxylation is 1. The first-order valence-corrected chi connectivity index (χ1v) is 6.05. The molecular formula is C13H10BrFN2O. The lowest BCUT2D eigenvalue weighted by atomic mass is 10.2. The minimum absolute atomic E-state index is 0.319. The van der Waals surface area contributed by atoms with Crippen molar-refractivity contribution in [2.75, 3.05) is 5.32 Å². The minimum atomic E-state index is -0.367. The molecule has 0 aliphatic carbocycles. The predicted molar refractivity (Wildman–Crippen MR) is 71.0 cm³/mol. The maximum Gasteiger partial charge on any atom is 0.274 e. The van der Waals surface area contributed by atoms with E-state index in [2.05, 4.69) is 26.2 Å². The molecule has 1 N–H and O–H groups in total. The molecule has 1 aromatic heterocycles. The van der Waals surface area contributed by atoms with E-state index in [0.29, 0.717) is 15.9 Å². The molecule has 1 amide bonds. The van der Waals surface area contributed by atoms with Crippen molar-refractivity contribution in [3.8, 4) is 0 Å². The van der Waals surface area contributed by atoms with Gasteiger partial charge in [0, 0.05) is 10.7 Å². The largest absolute Gasteiger partial charge is 0.320 e. The monoisotopic (exact) mass is 308 g/mol. The first-order chi connectivity index (χ1) is 8.58. The van der Waals surface area contributed by atoms with Crippen molar-refractivity contribution >= 4 is 27.5 Å². The van der Waals surface area contributed by atoms with Crippen LogP contribution in [0.25, 0.3) is 0 Å². The fourth-order valence-electron chi connectivity index (χ4n) is 1.50. The number of nitrogens with one attached hydrogen (secondary N) is 1. The van der Waals surface area contributed by atoms with Crippen molar-refractivity contribution in [3.05, 3.63) is 58.1 Å². The summed E-state index contributed by atoms with van der Waals surface area (Å²) < 4.78 is 13.4. The van der Waals surface area contributed by atoms with Crippen LogP contribution in [0, 0.1) is 12.7 Å². The molecule has 0 aliphatic heterocycles. The third-order valence-corrected chi connectivity index (χ3v) is 3.06. The number of carbonyl (C=O) groups excluding carboxylic acids is 1. The lowest BCUT2D eigenvalue weighted by Gasteiger charge is -2.08. The molecule has 0 atom stereocenters. The molecule has 0 fully saturated rings. The Morgan fingerprint density at radius 1 is 1.39 bits per heavy atom. The van der Waals surface area contributed by atoms with Gasteiger partial charge in [-0.25, -0.2) is 4.39 Å². The molecule has 3 nitrogen and oxygen atoms in total. The van der Waals surface area contributed by atoms with Gasteiger partial charge in [-0.3, -0.25) is 9.78 Å². The number of aromatic nitrogens is 1. The highest BCUT2D eigenvalue weighted by atomic mass is 79.9. The van der Waals surface area contributed by atoms with Gasteiger partial charge in [0.2, 0.25) is 0 Å². The maximum atomic E-state index is 12.9. The number of carbonyl (C=O) groups is 1. The highest BCUT2D eigenvalue weighted by Crippen LogP contribution is 2.23. The summed E-state index contributed by atoms with van der Waals surface area (Å²) in [6.45, 7) is 1.81. The van der Waals surface area contributed by atoms with Crippen LogP contribution in [0.3, 0.4) is 0 Å². The van der Waals surface area contributed by atoms with Gasteiger partial charge in [-0.15, -0.1) is 0 Å². The fraction of sp³-hybridized carbons (Fsp3) is 0.0769. The number of amides is 1. The van der Waals surface area contributed by atoms with E-state index in [1.807, 2.05) is 13.0 Å². The Morgan fingerprint density at radius 2 is 2.17 bits per heavy atom. The average molecular weight is 309 g/mol. The van der Waals surface area contributed by atoms with Gasteiger partial charge in [0.15, 0.2) is 0 Å². The Bertz CT molecular complexity index is 601. The molecule has 0 aliphatic rings. The van der Waals surface area contributed by atoms with E-state index in [1.165, 1.54) is 18.2 Å². The van der Waals surface area contributed by atoms with Gasteiger partial charge < -0.3 is 5.32 Å². The second-order valence-electron chi connectivity index (χ2n) is 3.75. The molecule has 1 heterocycles. The minimum Gasteiger partial charge on any atom is -0.320 e. The Morgan fingerprint density at radius 3 is 2.83 bits per heavy atom. The molecule has 0 unspecified atom stereocenters. The normalized spacial score (nSPS) is 10.2. The maximum absolute atomic E-state index is 12.9. The van der Waals surface area contributed by atoms with Gasteiger partial charge in [-0.05, 0) is 52.7 Å². The second kappa shape index (κ2) is 5.27. The van der Waals surface area contributed by atoms with Crippen LogP contribution < -0.4 is 5.32 Å². The van der Waals surface area contributed by atoms with Gasteiger partial charge in [-0.1, -0.05) is 6.07 Å². The first-order valence-electron chi connectivity index (χ1n) is 5.26. The number of anilines is 1. The molecule has 0 saturated carbocycles. The molecular weight excluding hydrogens is 299 g/mol. The van der Waals surface area contributed by atoms with Crippen LogP contribution in [0.5, 0.6) is 0 Å². The van der Waals surface area contributed by atoms with Crippen molar-refractivity contribution in [2.24, 2.45) is 0 Å². The summed E-state index contributed by atoms with van der Waals surface area (Å²) in [5.41, 5.74) is 1.65. The summed E-state index contributed by atoms with van der Waals surface area (Å²) in [6, 6.07) is 7.64. The smallest absolute Gasteiger partial charge is 0.274 e. The number of benzene rings is 1. The lowest BCUT2D eigenvalue weighted by molar-refractivity contribution is 0.102. The SMILES string of the molecule is Cc1cccnc1C(=O)Nc1ccc(F)cc1Br. The number of halogens is 2. The Balaban J connectivity index is 2.24. The van der Waals surface area contributed by atoms with Crippen LogP contribution >= 0.6 is 15.9 Å². The summed E-state index contributed by atoms with van der Waals surface area (Å²) >= 11 is 3.19. The third kappa shape index (κ3) is 2.73. The van der Waals surface area contributed by atoms with Gasteiger partial charge in [0.1, 0.15) is 11.5 Å². The summed E-state index contributed by atoms with van der Waals surface area (Å²) in [5.74, 6) is -0.686. The van der Waals surface area contributed by atoms with Crippen LogP contribution in [-0.4, -0.2) is 10.9 Å². The predicted octanol–water partition coefficient (Wildman–Crippen LogP) is 3.54. The standard InChI is InChI=1S/C13H10BrFN2O/c1-8-3-2-6-16-12(8)13(18)17-11-5-4-9(15)7-10(11)14/h2-7H,1H3,(H,17,18). The quantitative estimate of drug-likeness (QED) is 0.922. The zero-order valence-electron chi connectivity index (χ0n) is 9.58. The molecule has 0 bridgehead atoms. The molecule has 0 radical (unpaired) electrons. The van der Waals surface area contributed by atoms with Crippen molar-refractivity contribution in [1.29, 1.82) is 0 Å². The number of hydrogen-bond acceptors (Lipinski definition) is 2. The Labute approximate surface area is 112 Å². The highest BCUT2D eigenvalue weighted by Gasteiger charge is 2.12. The molecule has 18 heavy (non-hydrogen) atoms. The van der Waals surface area contributed by atoms with Crippen LogP contribution in [0.2, 0.25) is 0 Å². The molecule has 2 aromatic rings. The molecule has 5 heteroatoms. The topological polar surface area (TPSA) is 42.0 Å². The van der Waals surface area contributed by atoms with E-state index in [1.54, 1.807) is 12.3 Å². The van der Waals surface area contributed by atoms with Crippen LogP contribution in [0.1, 0.15) is 16.1 Å². The van der Waals surface area contributed by atoms with Crippen LogP contribution in [0.15, 0.2) is 41.0 Å². The van der Waals surface area contributed by atoms with Gasteiger partial charge in [-0.2, -0.15) is 0 Å². The molecule has 1 aromatic carbocycles. The highest BCUT2D eigenvalue weighted by molar-refractivity contribution is 9.10. The molecule has 2 rings (SSSR count). The Kier molecular flexibility index (Phi) is 3.72. The summed E-state index contributed by atoms with van der Waals surface area (Å²) in [4.78, 5) is 16.0. The zero-order valence-corrected chi connectivity index (χ0v) is 11.2. The summed E-state index contributed by atoms with van der Waals surface area (Å²) in [5, 5.41) is 2.68. The van der Waals surface area contributed by atoms with E-state index in [-0.39, 0.29) is 11.7 Å². The summed E-state index contributed by atoms with van der Waals surface area (Å²) in [7, 11) is 0. The van der Waals surface area contributed by atoms with E-state index in [4.69, 9.17) is 0 Å². The molecule has 0 spiro atoms. The van der Waals surface area contributed by atoms with Crippen LogP contribution in [0.4, 0.5) is 10.1 Å². The van der Waals surface area contributed by atoms with Crippen LogP contribution in [-0.2, 0) is 0 Å². The van der Waals surface area contributed by atoms with Gasteiger partial charge in [0.25, 0.3) is 5.91 Å². The van der Waals surface area contributed by atoms with E-state index >= 15 is 0 Å². The Hall–Kier alpha value is -1.75. The average Bonchev–Trinajstić information content (AvgIpc) is 2.33. The lowest BCUT2D eigenvalue weighted by Crippen LogP contribution is -2.15. The zero-order chi connectivity index (χ0) is 13.1. The van der Waals surface area contributed by atoms with E-state index in [9.17, 15) is 9.18 Å². The summed E-state index contributed by atoms with van der Waals surface area (Å²) in [6.07, 6.45) is 1.56. The van der Waals surface area contributed by atoms with E-state index in [0.717, 1.165) is 5.56 Å². The van der Waals surface area contributed by atoms with Gasteiger partial charge >= 0.3 is 0 Å². The fourth-order valence-corrected chi connectivity index (χ4v) is 1.95.